The van der Waals surface area contributed by atoms with E-state index in [1.807, 2.05) is 13.0 Å². The molecule has 0 heterocycles. The predicted octanol–water partition coefficient (Wildman–Crippen LogP) is 1.55. The van der Waals surface area contributed by atoms with E-state index < -0.39 is 13.5 Å². The SMILES string of the molecule is C/C=C\C(C)OP(C)(=O)NCC(=O)OC. The van der Waals surface area contributed by atoms with Crippen molar-refractivity contribution in [2.45, 2.75) is 20.0 Å². The summed E-state index contributed by atoms with van der Waals surface area (Å²) >= 11 is 0. The molecule has 0 amide bonds. The summed E-state index contributed by atoms with van der Waals surface area (Å²) in [7, 11) is -1.68. The Bertz CT molecular complexity index is 277. The Morgan fingerprint density at radius 3 is 2.67 bits per heavy atom. The summed E-state index contributed by atoms with van der Waals surface area (Å²) in [6.45, 7) is 4.93. The second kappa shape index (κ2) is 6.77. The third-order valence-corrected chi connectivity index (χ3v) is 3.04. The molecular weight excluding hydrogens is 217 g/mol. The Balaban J connectivity index is 4.07. The molecule has 2 atom stereocenters. The van der Waals surface area contributed by atoms with E-state index >= 15 is 0 Å². The minimum atomic E-state index is -2.95. The van der Waals surface area contributed by atoms with Gasteiger partial charge in [-0.25, -0.2) is 5.09 Å². The molecule has 0 bridgehead atoms. The van der Waals surface area contributed by atoms with Crippen molar-refractivity contribution >= 4 is 13.5 Å². The second-order valence-corrected chi connectivity index (χ2v) is 5.31. The normalized spacial score (nSPS) is 17.3. The Hall–Kier alpha value is -0.640. The largest absolute Gasteiger partial charge is 0.468 e. The zero-order valence-electron chi connectivity index (χ0n) is 9.52. The first-order chi connectivity index (χ1) is 6.91. The van der Waals surface area contributed by atoms with E-state index in [-0.39, 0.29) is 12.6 Å². The first-order valence-electron chi connectivity index (χ1n) is 4.62. The van der Waals surface area contributed by atoms with Gasteiger partial charge in [0.15, 0.2) is 0 Å². The molecule has 0 rings (SSSR count). The maximum absolute atomic E-state index is 11.7. The molecule has 5 nitrogen and oxygen atoms in total. The topological polar surface area (TPSA) is 64.6 Å². The number of ether oxygens (including phenoxy) is 1. The summed E-state index contributed by atoms with van der Waals surface area (Å²) < 4.78 is 21.4. The monoisotopic (exact) mass is 235 g/mol. The van der Waals surface area contributed by atoms with E-state index in [0.717, 1.165) is 0 Å². The van der Waals surface area contributed by atoms with E-state index in [1.54, 1.807) is 13.0 Å². The fraction of sp³-hybridized carbons (Fsp3) is 0.667. The average molecular weight is 235 g/mol. The summed E-state index contributed by atoms with van der Waals surface area (Å²) in [5, 5.41) is 2.52. The van der Waals surface area contributed by atoms with E-state index in [0.29, 0.717) is 0 Å². The average Bonchev–Trinajstić information content (AvgIpc) is 2.13. The molecule has 0 radical (unpaired) electrons. The molecule has 2 unspecified atom stereocenters. The molecule has 0 saturated heterocycles. The minimum Gasteiger partial charge on any atom is -0.468 e. The standard InChI is InChI=1S/C9H18NO4P/c1-5-6-8(2)14-15(4,12)10-7-9(11)13-3/h5-6,8H,7H2,1-4H3,(H,10,12)/b6-5-. The van der Waals surface area contributed by atoms with Crippen molar-refractivity contribution in [1.29, 1.82) is 0 Å². The fourth-order valence-electron chi connectivity index (χ4n) is 0.941. The molecule has 1 N–H and O–H groups in total. The lowest BCUT2D eigenvalue weighted by molar-refractivity contribution is -0.139. The van der Waals surface area contributed by atoms with Gasteiger partial charge in [-0.15, -0.1) is 0 Å². The van der Waals surface area contributed by atoms with Crippen LogP contribution in [0.1, 0.15) is 13.8 Å². The van der Waals surface area contributed by atoms with Crippen LogP contribution in [0.3, 0.4) is 0 Å². The Labute approximate surface area is 90.3 Å². The quantitative estimate of drug-likeness (QED) is 0.430. The second-order valence-electron chi connectivity index (χ2n) is 3.09. The molecule has 0 aliphatic heterocycles. The molecule has 0 saturated carbocycles. The van der Waals surface area contributed by atoms with Crippen LogP contribution >= 0.6 is 7.52 Å². The van der Waals surface area contributed by atoms with Crippen LogP contribution in [-0.4, -0.2) is 32.4 Å². The summed E-state index contributed by atoms with van der Waals surface area (Å²) in [5.74, 6) is -0.473. The molecule has 0 aromatic heterocycles. The smallest absolute Gasteiger partial charge is 0.320 e. The van der Waals surface area contributed by atoms with Crippen LogP contribution in [0, 0.1) is 0 Å². The zero-order chi connectivity index (χ0) is 11.9. The third-order valence-electron chi connectivity index (χ3n) is 1.57. The van der Waals surface area contributed by atoms with Crippen molar-refractivity contribution in [2.24, 2.45) is 0 Å². The van der Waals surface area contributed by atoms with Gasteiger partial charge in [0.1, 0.15) is 6.54 Å². The highest BCUT2D eigenvalue weighted by molar-refractivity contribution is 7.56. The van der Waals surface area contributed by atoms with Gasteiger partial charge in [0.25, 0.3) is 7.52 Å². The van der Waals surface area contributed by atoms with Crippen molar-refractivity contribution in [1.82, 2.24) is 5.09 Å². The van der Waals surface area contributed by atoms with Gasteiger partial charge in [-0.05, 0) is 13.8 Å². The van der Waals surface area contributed by atoms with Gasteiger partial charge in [0.2, 0.25) is 0 Å². The lowest BCUT2D eigenvalue weighted by atomic mass is 10.4. The van der Waals surface area contributed by atoms with Gasteiger partial charge < -0.3 is 9.26 Å². The van der Waals surface area contributed by atoms with Crippen molar-refractivity contribution in [3.05, 3.63) is 12.2 Å². The number of rotatable bonds is 6. The molecule has 0 spiro atoms. The number of hydrogen-bond donors (Lipinski definition) is 1. The highest BCUT2D eigenvalue weighted by Crippen LogP contribution is 2.38. The van der Waals surface area contributed by atoms with Gasteiger partial charge in [0, 0.05) is 6.66 Å². The number of allylic oxidation sites excluding steroid dienone is 1. The van der Waals surface area contributed by atoms with Gasteiger partial charge >= 0.3 is 5.97 Å². The van der Waals surface area contributed by atoms with E-state index in [9.17, 15) is 9.36 Å². The summed E-state index contributed by atoms with van der Waals surface area (Å²) in [4.78, 5) is 10.8. The minimum absolute atomic E-state index is 0.118. The van der Waals surface area contributed by atoms with Crippen molar-refractivity contribution in [3.8, 4) is 0 Å². The van der Waals surface area contributed by atoms with Gasteiger partial charge in [-0.3, -0.25) is 9.36 Å². The summed E-state index contributed by atoms with van der Waals surface area (Å²) in [5.41, 5.74) is 0. The number of esters is 1. The maximum Gasteiger partial charge on any atom is 0.320 e. The molecule has 0 aromatic rings. The first kappa shape index (κ1) is 14.4. The Morgan fingerprint density at radius 2 is 2.20 bits per heavy atom. The van der Waals surface area contributed by atoms with Crippen molar-refractivity contribution < 1.29 is 18.6 Å². The van der Waals surface area contributed by atoms with Gasteiger partial charge in [0.05, 0.1) is 13.2 Å². The zero-order valence-corrected chi connectivity index (χ0v) is 10.4. The molecule has 88 valence electrons. The molecule has 0 fully saturated rings. The van der Waals surface area contributed by atoms with Gasteiger partial charge in [-0.2, -0.15) is 0 Å². The van der Waals surface area contributed by atoms with Crippen LogP contribution in [-0.2, 0) is 18.6 Å². The number of methoxy groups -OCH3 is 1. The third kappa shape index (κ3) is 7.31. The predicted molar refractivity (Wildman–Crippen MR) is 58.9 cm³/mol. The molecule has 0 aliphatic rings. The number of nitrogens with one attached hydrogen (secondary N) is 1. The van der Waals surface area contributed by atoms with E-state index in [1.165, 1.54) is 13.8 Å². The Kier molecular flexibility index (Phi) is 6.48. The van der Waals surface area contributed by atoms with Crippen LogP contribution in [0.2, 0.25) is 0 Å². The van der Waals surface area contributed by atoms with Crippen LogP contribution in [0.15, 0.2) is 12.2 Å². The molecule has 6 heteroatoms. The number of hydrogen-bond acceptors (Lipinski definition) is 4. The maximum atomic E-state index is 11.7. The molecule has 15 heavy (non-hydrogen) atoms. The summed E-state index contributed by atoms with van der Waals surface area (Å²) in [6.07, 6.45) is 3.33. The number of carbonyl (C=O) groups excluding carboxylic acids is 1. The molecular formula is C9H18NO4P. The molecule has 0 aromatic carbocycles. The van der Waals surface area contributed by atoms with Crippen LogP contribution < -0.4 is 5.09 Å². The van der Waals surface area contributed by atoms with E-state index in [4.69, 9.17) is 4.52 Å². The highest BCUT2D eigenvalue weighted by atomic mass is 31.2. The first-order valence-corrected chi connectivity index (χ1v) is 6.69. The van der Waals surface area contributed by atoms with Crippen LogP contribution in [0.25, 0.3) is 0 Å². The molecule has 0 aliphatic carbocycles. The Morgan fingerprint density at radius 1 is 1.60 bits per heavy atom. The van der Waals surface area contributed by atoms with E-state index in [2.05, 4.69) is 9.82 Å². The van der Waals surface area contributed by atoms with Crippen LogP contribution in [0.4, 0.5) is 0 Å². The van der Waals surface area contributed by atoms with Crippen LogP contribution in [0.5, 0.6) is 0 Å². The lowest BCUT2D eigenvalue weighted by Gasteiger charge is -2.17. The van der Waals surface area contributed by atoms with Gasteiger partial charge in [-0.1, -0.05) is 12.2 Å². The van der Waals surface area contributed by atoms with Crippen molar-refractivity contribution in [3.63, 3.8) is 0 Å². The van der Waals surface area contributed by atoms with Crippen molar-refractivity contribution in [2.75, 3.05) is 20.3 Å². The summed E-state index contributed by atoms with van der Waals surface area (Å²) in [6, 6.07) is 0. The fourth-order valence-corrected chi connectivity index (χ4v) is 2.14. The highest BCUT2D eigenvalue weighted by Gasteiger charge is 2.19. The lowest BCUT2D eigenvalue weighted by Crippen LogP contribution is -2.23. The number of carbonyl (C=O) groups is 1.